The SMILES string of the molecule is CC(C)[C@H]1CC[C@H](C)C[C@@H]1OC(=O)[C@@H]1O[C@H](n2ccc(N)nc2=O)CS1. The lowest BCUT2D eigenvalue weighted by Crippen LogP contribution is -2.38. The fourth-order valence-corrected chi connectivity index (χ4v) is 4.74. The maximum Gasteiger partial charge on any atom is 0.351 e. The number of ether oxygens (including phenoxy) is 2. The number of carbonyl (C=O) groups is 1. The first-order chi connectivity index (χ1) is 12.3. The monoisotopic (exact) mass is 381 g/mol. The minimum atomic E-state index is -0.713. The Morgan fingerprint density at radius 3 is 2.92 bits per heavy atom. The highest BCUT2D eigenvalue weighted by molar-refractivity contribution is 8.00. The van der Waals surface area contributed by atoms with Crippen molar-refractivity contribution < 1.29 is 14.3 Å². The van der Waals surface area contributed by atoms with Gasteiger partial charge in [0.15, 0.2) is 0 Å². The summed E-state index contributed by atoms with van der Waals surface area (Å²) in [6.45, 7) is 6.56. The molecule has 1 saturated heterocycles. The van der Waals surface area contributed by atoms with E-state index in [1.807, 2.05) is 0 Å². The van der Waals surface area contributed by atoms with Crippen LogP contribution < -0.4 is 11.4 Å². The molecule has 144 valence electrons. The number of nitrogen functional groups attached to an aromatic ring is 1. The molecule has 5 atom stereocenters. The van der Waals surface area contributed by atoms with E-state index >= 15 is 0 Å². The van der Waals surface area contributed by atoms with Gasteiger partial charge in [0.2, 0.25) is 5.44 Å². The molecule has 2 N–H and O–H groups in total. The van der Waals surface area contributed by atoms with Gasteiger partial charge in [-0.3, -0.25) is 4.57 Å². The summed E-state index contributed by atoms with van der Waals surface area (Å²) in [6.07, 6.45) is 4.11. The second-order valence-corrected chi connectivity index (χ2v) is 8.69. The normalized spacial score (nSPS) is 31.9. The van der Waals surface area contributed by atoms with Crippen LogP contribution in [0.5, 0.6) is 0 Å². The molecule has 1 aromatic rings. The molecule has 3 rings (SSSR count). The Hall–Kier alpha value is -1.54. The van der Waals surface area contributed by atoms with E-state index in [-0.39, 0.29) is 17.9 Å². The quantitative estimate of drug-likeness (QED) is 0.800. The van der Waals surface area contributed by atoms with Crippen LogP contribution in [0.1, 0.15) is 46.3 Å². The topological polar surface area (TPSA) is 96.4 Å². The van der Waals surface area contributed by atoms with Gasteiger partial charge in [-0.25, -0.2) is 9.59 Å². The van der Waals surface area contributed by atoms with Gasteiger partial charge in [0.05, 0.1) is 0 Å². The van der Waals surface area contributed by atoms with E-state index in [9.17, 15) is 9.59 Å². The van der Waals surface area contributed by atoms with Crippen LogP contribution in [0.2, 0.25) is 0 Å². The molecule has 0 radical (unpaired) electrons. The van der Waals surface area contributed by atoms with Crippen molar-refractivity contribution in [2.24, 2.45) is 17.8 Å². The van der Waals surface area contributed by atoms with Gasteiger partial charge in [-0.15, -0.1) is 11.8 Å². The second kappa shape index (κ2) is 8.00. The number of aromatic nitrogens is 2. The first kappa shape index (κ1) is 19.2. The van der Waals surface area contributed by atoms with Crippen LogP contribution in [0.3, 0.4) is 0 Å². The summed E-state index contributed by atoms with van der Waals surface area (Å²) >= 11 is 1.35. The van der Waals surface area contributed by atoms with Crippen LogP contribution in [0.4, 0.5) is 5.82 Å². The van der Waals surface area contributed by atoms with Crippen molar-refractivity contribution in [2.75, 3.05) is 11.5 Å². The molecule has 0 unspecified atom stereocenters. The van der Waals surface area contributed by atoms with E-state index in [4.69, 9.17) is 15.2 Å². The van der Waals surface area contributed by atoms with E-state index in [0.717, 1.165) is 12.8 Å². The molecule has 1 saturated carbocycles. The first-order valence-corrected chi connectivity index (χ1v) is 10.2. The van der Waals surface area contributed by atoms with Gasteiger partial charge in [-0.1, -0.05) is 27.2 Å². The van der Waals surface area contributed by atoms with Crippen molar-refractivity contribution in [3.63, 3.8) is 0 Å². The smallest absolute Gasteiger partial charge is 0.351 e. The number of nitrogens with two attached hydrogens (primary N) is 1. The predicted molar refractivity (Wildman–Crippen MR) is 101 cm³/mol. The van der Waals surface area contributed by atoms with E-state index < -0.39 is 17.4 Å². The number of hydrogen-bond donors (Lipinski definition) is 1. The lowest BCUT2D eigenvalue weighted by molar-refractivity contribution is -0.166. The third-order valence-electron chi connectivity index (χ3n) is 5.25. The first-order valence-electron chi connectivity index (χ1n) is 9.17. The zero-order valence-corrected chi connectivity index (χ0v) is 16.3. The molecule has 1 aromatic heterocycles. The Labute approximate surface area is 157 Å². The van der Waals surface area contributed by atoms with Gasteiger partial charge in [0, 0.05) is 11.9 Å². The Balaban J connectivity index is 1.63. The van der Waals surface area contributed by atoms with Crippen molar-refractivity contribution >= 4 is 23.5 Å². The van der Waals surface area contributed by atoms with Crippen molar-refractivity contribution in [1.29, 1.82) is 0 Å². The Morgan fingerprint density at radius 2 is 2.23 bits per heavy atom. The van der Waals surface area contributed by atoms with Crippen LogP contribution in [-0.2, 0) is 14.3 Å². The van der Waals surface area contributed by atoms with Gasteiger partial charge in [0.1, 0.15) is 18.1 Å². The highest BCUT2D eigenvalue weighted by atomic mass is 32.2. The number of hydrogen-bond acceptors (Lipinski definition) is 7. The highest BCUT2D eigenvalue weighted by Crippen LogP contribution is 2.37. The van der Waals surface area contributed by atoms with E-state index in [1.54, 1.807) is 6.20 Å². The standard InChI is InChI=1S/C18H27N3O4S/c1-10(2)12-5-4-11(3)8-13(12)24-16(22)17-25-15(9-26-17)21-7-6-14(19)20-18(21)23/h6-7,10-13,15,17H,4-5,8-9H2,1-3H3,(H2,19,20,23)/t11-,12+,13-,15-,17+/m0/s1. The molecular formula is C18H27N3O4S. The van der Waals surface area contributed by atoms with E-state index in [2.05, 4.69) is 25.8 Å². The summed E-state index contributed by atoms with van der Waals surface area (Å²) in [6, 6.07) is 1.54. The Kier molecular flexibility index (Phi) is 5.92. The van der Waals surface area contributed by atoms with Crippen molar-refractivity contribution in [3.8, 4) is 0 Å². The van der Waals surface area contributed by atoms with Crippen molar-refractivity contribution in [3.05, 3.63) is 22.7 Å². The zero-order valence-electron chi connectivity index (χ0n) is 15.5. The third-order valence-corrected chi connectivity index (χ3v) is 6.34. The molecular weight excluding hydrogens is 354 g/mol. The number of carbonyl (C=O) groups excluding carboxylic acids is 1. The number of thioether (sulfide) groups is 1. The van der Waals surface area contributed by atoms with Crippen LogP contribution in [0.15, 0.2) is 17.1 Å². The minimum absolute atomic E-state index is 0.0598. The third kappa shape index (κ3) is 4.23. The summed E-state index contributed by atoms with van der Waals surface area (Å²) in [5, 5.41) is 0. The van der Waals surface area contributed by atoms with Crippen LogP contribution >= 0.6 is 11.8 Å². The van der Waals surface area contributed by atoms with Crippen molar-refractivity contribution in [2.45, 2.75) is 57.8 Å². The second-order valence-electron chi connectivity index (χ2n) is 7.60. The van der Waals surface area contributed by atoms with Gasteiger partial charge in [0.25, 0.3) is 0 Å². The molecule has 1 aliphatic carbocycles. The summed E-state index contributed by atoms with van der Waals surface area (Å²) in [7, 11) is 0. The Bertz CT molecular complexity index is 708. The maximum absolute atomic E-state index is 12.6. The molecule has 0 spiro atoms. The lowest BCUT2D eigenvalue weighted by atomic mass is 9.75. The number of nitrogens with zero attached hydrogens (tertiary/aromatic N) is 2. The van der Waals surface area contributed by atoms with E-state index in [1.165, 1.54) is 28.8 Å². The fraction of sp³-hybridized carbons (Fsp3) is 0.722. The summed E-state index contributed by atoms with van der Waals surface area (Å²) in [5.74, 6) is 1.73. The van der Waals surface area contributed by atoms with Gasteiger partial charge >= 0.3 is 11.7 Å². The molecule has 26 heavy (non-hydrogen) atoms. The fourth-order valence-electron chi connectivity index (χ4n) is 3.76. The number of anilines is 1. The molecule has 1 aliphatic heterocycles. The molecule has 0 amide bonds. The minimum Gasteiger partial charge on any atom is -0.459 e. The molecule has 2 heterocycles. The van der Waals surface area contributed by atoms with Crippen LogP contribution in [0.25, 0.3) is 0 Å². The van der Waals surface area contributed by atoms with Gasteiger partial charge in [-0.05, 0) is 36.7 Å². The Morgan fingerprint density at radius 1 is 1.46 bits per heavy atom. The molecule has 0 bridgehead atoms. The molecule has 7 nitrogen and oxygen atoms in total. The van der Waals surface area contributed by atoms with Crippen LogP contribution in [-0.4, -0.2) is 32.8 Å². The number of rotatable bonds is 4. The van der Waals surface area contributed by atoms with Crippen molar-refractivity contribution in [1.82, 2.24) is 9.55 Å². The number of esters is 1. The largest absolute Gasteiger partial charge is 0.459 e. The molecule has 2 aliphatic rings. The molecule has 2 fully saturated rings. The van der Waals surface area contributed by atoms with Crippen LogP contribution in [0, 0.1) is 17.8 Å². The zero-order chi connectivity index (χ0) is 18.8. The lowest BCUT2D eigenvalue weighted by Gasteiger charge is -2.37. The average Bonchev–Trinajstić information content (AvgIpc) is 3.04. The summed E-state index contributed by atoms with van der Waals surface area (Å²) in [4.78, 5) is 28.3. The van der Waals surface area contributed by atoms with E-state index in [0.29, 0.717) is 23.5 Å². The molecule has 0 aromatic carbocycles. The van der Waals surface area contributed by atoms with Gasteiger partial charge in [-0.2, -0.15) is 4.98 Å². The average molecular weight is 381 g/mol. The maximum atomic E-state index is 12.6. The van der Waals surface area contributed by atoms with Gasteiger partial charge < -0.3 is 15.2 Å². The highest BCUT2D eigenvalue weighted by Gasteiger charge is 2.38. The summed E-state index contributed by atoms with van der Waals surface area (Å²) in [5.41, 5.74) is 4.32. The predicted octanol–water partition coefficient (Wildman–Crippen LogP) is 2.42. The summed E-state index contributed by atoms with van der Waals surface area (Å²) < 4.78 is 13.0. The molecule has 8 heteroatoms.